The third-order valence-corrected chi connectivity index (χ3v) is 3.18. The van der Waals surface area contributed by atoms with E-state index in [4.69, 9.17) is 0 Å². The lowest BCUT2D eigenvalue weighted by Crippen LogP contribution is -2.39. The smallest absolute Gasteiger partial charge is 0.118 e. The van der Waals surface area contributed by atoms with E-state index in [1.807, 2.05) is 6.07 Å². The average molecular weight is 260 g/mol. The van der Waals surface area contributed by atoms with Crippen LogP contribution in [0.2, 0.25) is 0 Å². The van der Waals surface area contributed by atoms with E-state index in [0.29, 0.717) is 12.6 Å². The molecule has 2 aromatic rings. The van der Waals surface area contributed by atoms with Crippen molar-refractivity contribution in [2.75, 3.05) is 14.1 Å². The molecule has 0 bridgehead atoms. The molecule has 1 N–H and O–H groups in total. The Kier molecular flexibility index (Phi) is 4.65. The van der Waals surface area contributed by atoms with E-state index < -0.39 is 0 Å². The highest BCUT2D eigenvalue weighted by Crippen LogP contribution is 2.21. The van der Waals surface area contributed by atoms with Crippen molar-refractivity contribution in [3.05, 3.63) is 47.8 Å². The van der Waals surface area contributed by atoms with E-state index >= 15 is 0 Å². The van der Waals surface area contributed by atoms with E-state index in [2.05, 4.69) is 70.4 Å². The topological polar surface area (TPSA) is 54.2 Å². The fourth-order valence-corrected chi connectivity index (χ4v) is 2.32. The van der Waals surface area contributed by atoms with Gasteiger partial charge in [0.15, 0.2) is 0 Å². The summed E-state index contributed by atoms with van der Waals surface area (Å²) < 4.78 is 4.59. The molecule has 0 spiro atoms. The molecule has 1 aromatic heterocycles. The van der Waals surface area contributed by atoms with Crippen LogP contribution in [0.3, 0.4) is 0 Å². The first-order chi connectivity index (χ1) is 9.18. The van der Waals surface area contributed by atoms with Crippen LogP contribution in [-0.2, 0) is 6.54 Å². The van der Waals surface area contributed by atoms with Gasteiger partial charge in [-0.2, -0.15) is 0 Å². The number of nitrogens with one attached hydrogen (secondary N) is 1. The maximum atomic E-state index is 4.59. The van der Waals surface area contributed by atoms with Crippen LogP contribution in [0, 0.1) is 0 Å². The van der Waals surface area contributed by atoms with Crippen LogP contribution in [-0.4, -0.2) is 35.4 Å². The Morgan fingerprint density at radius 2 is 2.00 bits per heavy atom. The van der Waals surface area contributed by atoms with Gasteiger partial charge in [0, 0.05) is 18.6 Å². The zero-order chi connectivity index (χ0) is 13.7. The van der Waals surface area contributed by atoms with Crippen molar-refractivity contribution < 1.29 is 4.63 Å². The molecule has 2 atom stereocenters. The lowest BCUT2D eigenvalue weighted by atomic mass is 9.99. The number of nitrogens with zero attached hydrogens (tertiary/aromatic N) is 3. The SMILES string of the molecule is CC(NCc1cnon1)C(c1ccccc1)N(C)C. The van der Waals surface area contributed by atoms with E-state index in [0.717, 1.165) is 5.69 Å². The molecule has 2 rings (SSSR count). The number of aromatic nitrogens is 2. The van der Waals surface area contributed by atoms with Gasteiger partial charge in [-0.15, -0.1) is 0 Å². The van der Waals surface area contributed by atoms with Crippen molar-refractivity contribution >= 4 is 0 Å². The predicted octanol–water partition coefficient (Wildman–Crippen LogP) is 1.85. The number of likely N-dealkylation sites (N-methyl/N-ethyl adjacent to an activating group) is 1. The summed E-state index contributed by atoms with van der Waals surface area (Å²) in [5.41, 5.74) is 2.11. The van der Waals surface area contributed by atoms with E-state index in [1.54, 1.807) is 6.20 Å². The highest BCUT2D eigenvalue weighted by Gasteiger charge is 2.21. The van der Waals surface area contributed by atoms with Gasteiger partial charge in [0.1, 0.15) is 5.69 Å². The molecule has 1 aromatic carbocycles. The number of hydrogen-bond acceptors (Lipinski definition) is 5. The maximum absolute atomic E-state index is 4.59. The van der Waals surface area contributed by atoms with Gasteiger partial charge in [0.2, 0.25) is 0 Å². The molecular formula is C14H20N4O. The minimum atomic E-state index is 0.286. The molecule has 0 saturated carbocycles. The summed E-state index contributed by atoms with van der Waals surface area (Å²) in [5, 5.41) is 10.9. The van der Waals surface area contributed by atoms with Gasteiger partial charge in [0.25, 0.3) is 0 Å². The van der Waals surface area contributed by atoms with Crippen LogP contribution in [0.4, 0.5) is 0 Å². The average Bonchev–Trinajstić information content (AvgIpc) is 2.90. The number of benzene rings is 1. The highest BCUT2D eigenvalue weighted by molar-refractivity contribution is 5.20. The molecule has 19 heavy (non-hydrogen) atoms. The van der Waals surface area contributed by atoms with Crippen molar-refractivity contribution in [2.45, 2.75) is 25.6 Å². The summed E-state index contributed by atoms with van der Waals surface area (Å²) in [6.07, 6.45) is 1.63. The molecule has 0 saturated heterocycles. The summed E-state index contributed by atoms with van der Waals surface area (Å²) in [7, 11) is 4.18. The Labute approximate surface area is 113 Å². The quantitative estimate of drug-likeness (QED) is 0.859. The van der Waals surface area contributed by atoms with Crippen LogP contribution < -0.4 is 5.32 Å². The second-order valence-corrected chi connectivity index (χ2v) is 4.89. The summed E-state index contributed by atoms with van der Waals surface area (Å²) in [6.45, 7) is 2.83. The third-order valence-electron chi connectivity index (χ3n) is 3.18. The largest absolute Gasteiger partial charge is 0.307 e. The molecule has 1 heterocycles. The lowest BCUT2D eigenvalue weighted by molar-refractivity contribution is 0.237. The first-order valence-corrected chi connectivity index (χ1v) is 6.39. The van der Waals surface area contributed by atoms with Crippen LogP contribution >= 0.6 is 0 Å². The first kappa shape index (κ1) is 13.7. The van der Waals surface area contributed by atoms with E-state index in [1.165, 1.54) is 5.56 Å². The van der Waals surface area contributed by atoms with Crippen molar-refractivity contribution in [3.63, 3.8) is 0 Å². The predicted molar refractivity (Wildman–Crippen MR) is 73.5 cm³/mol. The minimum absolute atomic E-state index is 0.286. The number of hydrogen-bond donors (Lipinski definition) is 1. The zero-order valence-electron chi connectivity index (χ0n) is 11.6. The van der Waals surface area contributed by atoms with E-state index in [9.17, 15) is 0 Å². The van der Waals surface area contributed by atoms with Crippen LogP contribution in [0.25, 0.3) is 0 Å². The van der Waals surface area contributed by atoms with Crippen LogP contribution in [0.1, 0.15) is 24.2 Å². The highest BCUT2D eigenvalue weighted by atomic mass is 16.6. The third kappa shape index (κ3) is 3.62. The van der Waals surface area contributed by atoms with Crippen molar-refractivity contribution in [2.24, 2.45) is 0 Å². The molecular weight excluding hydrogens is 240 g/mol. The maximum Gasteiger partial charge on any atom is 0.118 e. The minimum Gasteiger partial charge on any atom is -0.307 e. The second kappa shape index (κ2) is 6.45. The van der Waals surface area contributed by atoms with Gasteiger partial charge in [0.05, 0.1) is 6.20 Å². The molecule has 5 nitrogen and oxygen atoms in total. The Bertz CT molecular complexity index is 469. The van der Waals surface area contributed by atoms with Gasteiger partial charge in [-0.25, -0.2) is 4.63 Å². The molecule has 0 amide bonds. The molecule has 0 aliphatic heterocycles. The summed E-state index contributed by atoms with van der Waals surface area (Å²) in [6, 6.07) is 11.1. The van der Waals surface area contributed by atoms with Crippen molar-refractivity contribution in [1.29, 1.82) is 0 Å². The summed E-state index contributed by atoms with van der Waals surface area (Å²) >= 11 is 0. The normalized spacial score (nSPS) is 14.5. The fraction of sp³-hybridized carbons (Fsp3) is 0.429. The van der Waals surface area contributed by atoms with Crippen molar-refractivity contribution in [1.82, 2.24) is 20.5 Å². The summed E-state index contributed by atoms with van der Waals surface area (Å²) in [4.78, 5) is 2.22. The molecule has 0 radical (unpaired) electrons. The van der Waals surface area contributed by atoms with Gasteiger partial charge < -0.3 is 10.2 Å². The number of rotatable bonds is 6. The molecule has 0 aliphatic rings. The molecule has 102 valence electrons. The van der Waals surface area contributed by atoms with Crippen molar-refractivity contribution in [3.8, 4) is 0 Å². The Morgan fingerprint density at radius 3 is 2.58 bits per heavy atom. The fourth-order valence-electron chi connectivity index (χ4n) is 2.32. The Morgan fingerprint density at radius 1 is 1.26 bits per heavy atom. The van der Waals surface area contributed by atoms with Gasteiger partial charge in [-0.05, 0) is 26.6 Å². The molecule has 0 fully saturated rings. The molecule has 5 heteroatoms. The van der Waals surface area contributed by atoms with E-state index in [-0.39, 0.29) is 6.04 Å². The van der Waals surface area contributed by atoms with Gasteiger partial charge in [-0.3, -0.25) is 0 Å². The van der Waals surface area contributed by atoms with Gasteiger partial charge >= 0.3 is 0 Å². The standard InChI is InChI=1S/C14H20N4O/c1-11(15-9-13-10-16-19-17-13)14(18(2)3)12-7-5-4-6-8-12/h4-8,10-11,14-15H,9H2,1-3H3. The monoisotopic (exact) mass is 260 g/mol. The summed E-state index contributed by atoms with van der Waals surface area (Å²) in [5.74, 6) is 0. The molecule has 0 aliphatic carbocycles. The van der Waals surface area contributed by atoms with Gasteiger partial charge in [-0.1, -0.05) is 40.6 Å². The zero-order valence-corrected chi connectivity index (χ0v) is 11.6. The van der Waals surface area contributed by atoms with Crippen LogP contribution in [0.5, 0.6) is 0 Å². The Balaban J connectivity index is 2.03. The van der Waals surface area contributed by atoms with Crippen LogP contribution in [0.15, 0.2) is 41.2 Å². The second-order valence-electron chi connectivity index (χ2n) is 4.89. The lowest BCUT2D eigenvalue weighted by Gasteiger charge is -2.31. The Hall–Kier alpha value is -1.72. The molecule has 2 unspecified atom stereocenters. The first-order valence-electron chi connectivity index (χ1n) is 6.39.